The van der Waals surface area contributed by atoms with Crippen LogP contribution in [0.25, 0.3) is 53.9 Å². The molecule has 0 amide bonds. The molecule has 0 saturated heterocycles. The lowest BCUT2D eigenvalue weighted by atomic mass is 9.82. The number of aryl methyl sites for hydroxylation is 2. The zero-order valence-corrected chi connectivity index (χ0v) is 39.1. The largest absolute Gasteiger partial charge is 0.309 e. The van der Waals surface area contributed by atoms with Gasteiger partial charge in [-0.3, -0.25) is 0 Å². The molecule has 2 aliphatic carbocycles. The highest BCUT2D eigenvalue weighted by molar-refractivity contribution is 6.30. The fraction of sp³-hybridized carbons (Fsp3) is 0.250. The highest BCUT2D eigenvalue weighted by Crippen LogP contribution is 2.54. The van der Waals surface area contributed by atoms with Gasteiger partial charge < -0.3 is 9.80 Å². The predicted octanol–water partition coefficient (Wildman–Crippen LogP) is 18.6. The standard InChI is InChI=1S/C64H60N2/c1-5-41(3)55-39-61(65(57-31-15-23-43-19-7-11-27-47(43)57)58-32-16-24-44-20-8-12-28-48(44)58)53-38-36-52-56(42(4)6-2)40-62(54-37-35-51(55)63(53)64(52)54)66(59-33-17-25-45-21-9-13-29-49(45)59)60-34-18-26-46-22-10-14-30-50(46)60/h7,9,11,13,15-19,21,23-27,29,31-42H,5-6,8,10,12,14,20,22,28,30H2,1-4H3. The summed E-state index contributed by atoms with van der Waals surface area (Å²) in [5.41, 5.74) is 16.6. The first-order valence-corrected chi connectivity index (χ1v) is 25.1. The van der Waals surface area contributed by atoms with Crippen molar-refractivity contribution in [1.82, 2.24) is 0 Å². The average Bonchev–Trinajstić information content (AvgIpc) is 3.38. The van der Waals surface area contributed by atoms with Crippen LogP contribution in [0.2, 0.25) is 0 Å². The summed E-state index contributed by atoms with van der Waals surface area (Å²) in [7, 11) is 0. The Morgan fingerprint density at radius 3 is 1.20 bits per heavy atom. The van der Waals surface area contributed by atoms with E-state index in [0.29, 0.717) is 11.8 Å². The van der Waals surface area contributed by atoms with Gasteiger partial charge in [-0.05, 0) is 178 Å². The molecule has 0 aliphatic heterocycles. The predicted molar refractivity (Wildman–Crippen MR) is 285 cm³/mol. The molecule has 2 atom stereocenters. The van der Waals surface area contributed by atoms with E-state index in [1.54, 1.807) is 0 Å². The van der Waals surface area contributed by atoms with Crippen LogP contribution in [-0.2, 0) is 25.7 Å². The van der Waals surface area contributed by atoms with Gasteiger partial charge in [0, 0.05) is 32.9 Å². The van der Waals surface area contributed by atoms with Crippen LogP contribution in [0.1, 0.15) is 111 Å². The van der Waals surface area contributed by atoms with E-state index in [0.717, 1.165) is 38.5 Å². The molecule has 0 aromatic heterocycles. The van der Waals surface area contributed by atoms with Crippen molar-refractivity contribution < 1.29 is 0 Å². The summed E-state index contributed by atoms with van der Waals surface area (Å²) >= 11 is 0. The molecule has 10 aromatic carbocycles. The smallest absolute Gasteiger partial charge is 0.0543 e. The van der Waals surface area contributed by atoms with Crippen LogP contribution in [0.15, 0.2) is 158 Å². The van der Waals surface area contributed by atoms with Crippen molar-refractivity contribution in [1.29, 1.82) is 0 Å². The second kappa shape index (κ2) is 16.7. The second-order valence-electron chi connectivity index (χ2n) is 19.6. The zero-order valence-electron chi connectivity index (χ0n) is 39.1. The Hall–Kier alpha value is -6.64. The van der Waals surface area contributed by atoms with E-state index in [4.69, 9.17) is 0 Å². The summed E-state index contributed by atoms with van der Waals surface area (Å²) in [6.07, 6.45) is 11.6. The second-order valence-corrected chi connectivity index (χ2v) is 19.6. The quantitative estimate of drug-likeness (QED) is 0.126. The van der Waals surface area contributed by atoms with E-state index in [2.05, 4.69) is 195 Å². The van der Waals surface area contributed by atoms with Gasteiger partial charge in [-0.25, -0.2) is 0 Å². The van der Waals surface area contributed by atoms with Crippen LogP contribution in [0, 0.1) is 0 Å². The van der Waals surface area contributed by atoms with Gasteiger partial charge in [0.15, 0.2) is 0 Å². The first-order valence-electron chi connectivity index (χ1n) is 25.1. The Morgan fingerprint density at radius 2 is 0.742 bits per heavy atom. The lowest BCUT2D eigenvalue weighted by Gasteiger charge is -2.35. The van der Waals surface area contributed by atoms with Gasteiger partial charge in [0.25, 0.3) is 0 Å². The molecule has 66 heavy (non-hydrogen) atoms. The van der Waals surface area contributed by atoms with Gasteiger partial charge >= 0.3 is 0 Å². The summed E-state index contributed by atoms with van der Waals surface area (Å²) in [6.45, 7) is 9.61. The van der Waals surface area contributed by atoms with Gasteiger partial charge in [-0.15, -0.1) is 0 Å². The Bertz CT molecular complexity index is 3230. The first kappa shape index (κ1) is 40.8. The van der Waals surface area contributed by atoms with E-state index < -0.39 is 0 Å². The van der Waals surface area contributed by atoms with Crippen LogP contribution in [0.5, 0.6) is 0 Å². The molecule has 2 aliphatic rings. The summed E-state index contributed by atoms with van der Waals surface area (Å²) in [4.78, 5) is 5.36. The van der Waals surface area contributed by atoms with Crippen LogP contribution in [0.3, 0.4) is 0 Å². The first-order chi connectivity index (χ1) is 32.5. The van der Waals surface area contributed by atoms with Crippen molar-refractivity contribution in [2.75, 3.05) is 9.80 Å². The third-order valence-corrected chi connectivity index (χ3v) is 15.9. The Labute approximate surface area is 390 Å². The molecular weight excluding hydrogens is 797 g/mol. The molecule has 0 N–H and O–H groups in total. The van der Waals surface area contributed by atoms with Crippen molar-refractivity contribution in [3.05, 3.63) is 191 Å². The van der Waals surface area contributed by atoms with Crippen LogP contribution in [-0.4, -0.2) is 0 Å². The summed E-state index contributed by atoms with van der Waals surface area (Å²) in [6, 6.07) is 61.2. The lowest BCUT2D eigenvalue weighted by Crippen LogP contribution is -2.17. The van der Waals surface area contributed by atoms with E-state index in [9.17, 15) is 0 Å². The third-order valence-electron chi connectivity index (χ3n) is 15.9. The lowest BCUT2D eigenvalue weighted by molar-refractivity contribution is 0.686. The minimum atomic E-state index is 0.365. The van der Waals surface area contributed by atoms with E-state index in [-0.39, 0.29) is 0 Å². The number of hydrogen-bond acceptors (Lipinski definition) is 2. The highest BCUT2D eigenvalue weighted by atomic mass is 15.2. The topological polar surface area (TPSA) is 6.48 Å². The minimum Gasteiger partial charge on any atom is -0.309 e. The Balaban J connectivity index is 1.24. The molecule has 0 spiro atoms. The number of anilines is 6. The molecule has 0 fully saturated rings. The van der Waals surface area contributed by atoms with Gasteiger partial charge in [-0.1, -0.05) is 149 Å². The fourth-order valence-corrected chi connectivity index (χ4v) is 12.2. The van der Waals surface area contributed by atoms with Crippen LogP contribution >= 0.6 is 0 Å². The monoisotopic (exact) mass is 856 g/mol. The maximum atomic E-state index is 2.68. The zero-order chi connectivity index (χ0) is 44.5. The molecule has 10 aromatic rings. The van der Waals surface area contributed by atoms with E-state index in [1.165, 1.54) is 147 Å². The van der Waals surface area contributed by atoms with Gasteiger partial charge in [-0.2, -0.15) is 0 Å². The molecular formula is C64H60N2. The summed E-state index contributed by atoms with van der Waals surface area (Å²) in [5, 5.41) is 13.3. The maximum absolute atomic E-state index is 2.68. The molecule has 0 heterocycles. The van der Waals surface area contributed by atoms with Crippen molar-refractivity contribution >= 4 is 88.0 Å². The number of hydrogen-bond donors (Lipinski definition) is 0. The van der Waals surface area contributed by atoms with Gasteiger partial charge in [0.2, 0.25) is 0 Å². The van der Waals surface area contributed by atoms with Crippen LogP contribution < -0.4 is 9.80 Å². The summed E-state index contributed by atoms with van der Waals surface area (Å²) in [5.74, 6) is 0.729. The molecule has 2 unspecified atom stereocenters. The maximum Gasteiger partial charge on any atom is 0.0543 e. The van der Waals surface area contributed by atoms with Crippen molar-refractivity contribution in [2.45, 2.75) is 104 Å². The van der Waals surface area contributed by atoms with Gasteiger partial charge in [0.1, 0.15) is 0 Å². The van der Waals surface area contributed by atoms with Crippen LogP contribution in [0.4, 0.5) is 34.1 Å². The van der Waals surface area contributed by atoms with Gasteiger partial charge in [0.05, 0.1) is 22.7 Å². The molecule has 2 heteroatoms. The van der Waals surface area contributed by atoms with Crippen molar-refractivity contribution in [3.8, 4) is 0 Å². The fourth-order valence-electron chi connectivity index (χ4n) is 12.2. The third kappa shape index (κ3) is 6.51. The van der Waals surface area contributed by atoms with Crippen molar-refractivity contribution in [2.24, 2.45) is 0 Å². The molecule has 0 saturated carbocycles. The number of nitrogens with zero attached hydrogens (tertiary/aromatic N) is 2. The average molecular weight is 857 g/mol. The van der Waals surface area contributed by atoms with E-state index >= 15 is 0 Å². The highest BCUT2D eigenvalue weighted by Gasteiger charge is 2.30. The molecule has 2 nitrogen and oxygen atoms in total. The number of fused-ring (bicyclic) bond motifs is 4. The molecule has 12 rings (SSSR count). The van der Waals surface area contributed by atoms with Crippen molar-refractivity contribution in [3.63, 3.8) is 0 Å². The normalized spacial score (nSPS) is 14.8. The molecule has 326 valence electrons. The van der Waals surface area contributed by atoms with E-state index in [1.807, 2.05) is 0 Å². The Kier molecular flexibility index (Phi) is 10.3. The molecule has 0 radical (unpaired) electrons. The molecule has 0 bridgehead atoms. The number of benzene rings is 10. The SMILES string of the molecule is CCC(C)c1cc(N(c2cccc3c2CCCC3)c2cccc3ccccc23)c2ccc3c(C(C)CC)cc(N(c4cccc5c4CCCC5)c4cccc5ccccc45)c4ccc1c2c34. The Morgan fingerprint density at radius 1 is 0.364 bits per heavy atom. The minimum absolute atomic E-state index is 0.365. The number of rotatable bonds is 10. The summed E-state index contributed by atoms with van der Waals surface area (Å²) < 4.78 is 0.